The lowest BCUT2D eigenvalue weighted by Gasteiger charge is -2.23. The largest absolute Gasteiger partial charge is 0.329 e. The van der Waals surface area contributed by atoms with E-state index in [9.17, 15) is 9.59 Å². The van der Waals surface area contributed by atoms with Crippen LogP contribution in [0.1, 0.15) is 39.7 Å². The molecule has 0 unspecified atom stereocenters. The molecule has 0 saturated heterocycles. The van der Waals surface area contributed by atoms with E-state index in [0.717, 1.165) is 6.42 Å². The molecule has 17 heavy (non-hydrogen) atoms. The van der Waals surface area contributed by atoms with Crippen LogP contribution in [0.4, 0.5) is 0 Å². The van der Waals surface area contributed by atoms with E-state index in [0.29, 0.717) is 18.5 Å². The Morgan fingerprint density at radius 2 is 1.88 bits per heavy atom. The minimum atomic E-state index is -0.432. The van der Waals surface area contributed by atoms with E-state index in [1.807, 2.05) is 27.7 Å². The molecule has 0 radical (unpaired) electrons. The SMILES string of the molecule is CCc1c(Cl)[nH]c(=O)n(CC(C)(C)CC)c1=O. The maximum atomic E-state index is 12.1. The highest BCUT2D eigenvalue weighted by Crippen LogP contribution is 2.20. The number of rotatable bonds is 4. The molecule has 0 aliphatic rings. The molecular formula is C12H19ClN2O2. The second-order valence-electron chi connectivity index (χ2n) is 4.99. The third-order valence-corrected chi connectivity index (χ3v) is 3.45. The zero-order valence-electron chi connectivity index (χ0n) is 10.8. The summed E-state index contributed by atoms with van der Waals surface area (Å²) in [6.07, 6.45) is 1.41. The van der Waals surface area contributed by atoms with Crippen molar-refractivity contribution in [2.24, 2.45) is 5.41 Å². The fourth-order valence-electron chi connectivity index (χ4n) is 1.58. The molecule has 4 nitrogen and oxygen atoms in total. The van der Waals surface area contributed by atoms with Gasteiger partial charge in [0.1, 0.15) is 5.15 Å². The first-order chi connectivity index (χ1) is 7.82. The molecule has 1 N–H and O–H groups in total. The van der Waals surface area contributed by atoms with E-state index in [-0.39, 0.29) is 16.1 Å². The number of nitrogens with one attached hydrogen (secondary N) is 1. The van der Waals surface area contributed by atoms with Crippen LogP contribution in [-0.2, 0) is 13.0 Å². The quantitative estimate of drug-likeness (QED) is 0.842. The number of H-pyrrole nitrogens is 1. The van der Waals surface area contributed by atoms with Crippen LogP contribution in [0.25, 0.3) is 0 Å². The fraction of sp³-hybridized carbons (Fsp3) is 0.667. The van der Waals surface area contributed by atoms with Gasteiger partial charge in [-0.1, -0.05) is 39.3 Å². The molecule has 1 heterocycles. The highest BCUT2D eigenvalue weighted by molar-refractivity contribution is 6.30. The zero-order chi connectivity index (χ0) is 13.2. The maximum absolute atomic E-state index is 12.1. The van der Waals surface area contributed by atoms with Crippen LogP contribution >= 0.6 is 11.6 Å². The molecule has 0 spiro atoms. The van der Waals surface area contributed by atoms with Crippen molar-refractivity contribution in [2.75, 3.05) is 0 Å². The lowest BCUT2D eigenvalue weighted by molar-refractivity contribution is 0.284. The molecule has 96 valence electrons. The predicted molar refractivity (Wildman–Crippen MR) is 69.8 cm³/mol. The Kier molecular flexibility index (Phi) is 4.20. The summed E-state index contributed by atoms with van der Waals surface area (Å²) in [6, 6.07) is 0. The van der Waals surface area contributed by atoms with Gasteiger partial charge >= 0.3 is 5.69 Å². The monoisotopic (exact) mass is 258 g/mol. The maximum Gasteiger partial charge on any atom is 0.329 e. The van der Waals surface area contributed by atoms with E-state index >= 15 is 0 Å². The molecule has 1 rings (SSSR count). The summed E-state index contributed by atoms with van der Waals surface area (Å²) in [5.41, 5.74) is -0.324. The smallest absolute Gasteiger partial charge is 0.297 e. The van der Waals surface area contributed by atoms with E-state index in [2.05, 4.69) is 4.98 Å². The molecular weight excluding hydrogens is 240 g/mol. The third kappa shape index (κ3) is 3.00. The molecule has 0 atom stereocenters. The molecule has 0 fully saturated rings. The topological polar surface area (TPSA) is 54.9 Å². The van der Waals surface area contributed by atoms with Gasteiger partial charge in [-0.15, -0.1) is 0 Å². The molecule has 5 heteroatoms. The fourth-order valence-corrected chi connectivity index (χ4v) is 1.87. The van der Waals surface area contributed by atoms with Gasteiger partial charge in [0.05, 0.1) is 5.56 Å². The number of hydrogen-bond donors (Lipinski definition) is 1. The van der Waals surface area contributed by atoms with Crippen LogP contribution in [0.3, 0.4) is 0 Å². The summed E-state index contributed by atoms with van der Waals surface area (Å²) in [7, 11) is 0. The Labute approximate surface area is 106 Å². The summed E-state index contributed by atoms with van der Waals surface area (Å²) in [5, 5.41) is 0.160. The van der Waals surface area contributed by atoms with E-state index in [1.54, 1.807) is 0 Å². The number of aromatic nitrogens is 2. The summed E-state index contributed by atoms with van der Waals surface area (Å²) < 4.78 is 1.24. The molecule has 1 aromatic rings. The van der Waals surface area contributed by atoms with Crippen LogP contribution < -0.4 is 11.2 Å². The van der Waals surface area contributed by atoms with Crippen molar-refractivity contribution < 1.29 is 0 Å². The van der Waals surface area contributed by atoms with Gasteiger partial charge in [0.2, 0.25) is 0 Å². The first-order valence-electron chi connectivity index (χ1n) is 5.84. The second kappa shape index (κ2) is 5.08. The van der Waals surface area contributed by atoms with Crippen LogP contribution in [-0.4, -0.2) is 9.55 Å². The highest BCUT2D eigenvalue weighted by atomic mass is 35.5. The van der Waals surface area contributed by atoms with E-state index in [1.165, 1.54) is 4.57 Å². The Morgan fingerprint density at radius 1 is 1.29 bits per heavy atom. The van der Waals surface area contributed by atoms with Gasteiger partial charge in [-0.3, -0.25) is 14.3 Å². The third-order valence-electron chi connectivity index (χ3n) is 3.13. The molecule has 0 aliphatic heterocycles. The van der Waals surface area contributed by atoms with Gasteiger partial charge in [-0.2, -0.15) is 0 Å². The van der Waals surface area contributed by atoms with E-state index in [4.69, 9.17) is 11.6 Å². The van der Waals surface area contributed by atoms with Gasteiger partial charge in [-0.25, -0.2) is 4.79 Å². The van der Waals surface area contributed by atoms with Crippen molar-refractivity contribution in [3.05, 3.63) is 31.6 Å². The molecule has 0 saturated carbocycles. The second-order valence-corrected chi connectivity index (χ2v) is 5.36. The predicted octanol–water partition coefficient (Wildman–Crippen LogP) is 2.19. The zero-order valence-corrected chi connectivity index (χ0v) is 11.5. The van der Waals surface area contributed by atoms with Crippen LogP contribution in [0.5, 0.6) is 0 Å². The van der Waals surface area contributed by atoms with Crippen molar-refractivity contribution in [1.82, 2.24) is 9.55 Å². The van der Waals surface area contributed by atoms with Gasteiger partial charge in [0.25, 0.3) is 5.56 Å². The first kappa shape index (κ1) is 14.0. The Bertz CT molecular complexity index is 514. The lowest BCUT2D eigenvalue weighted by atomic mass is 9.90. The molecule has 0 amide bonds. The molecule has 0 aromatic carbocycles. The summed E-state index contributed by atoms with van der Waals surface area (Å²) in [5.74, 6) is 0. The highest BCUT2D eigenvalue weighted by Gasteiger charge is 2.20. The first-order valence-corrected chi connectivity index (χ1v) is 6.21. The van der Waals surface area contributed by atoms with Gasteiger partial charge in [0, 0.05) is 6.54 Å². The van der Waals surface area contributed by atoms with Crippen LogP contribution in [0, 0.1) is 5.41 Å². The van der Waals surface area contributed by atoms with Crippen molar-refractivity contribution in [3.63, 3.8) is 0 Å². The number of hydrogen-bond acceptors (Lipinski definition) is 2. The number of nitrogens with zero attached hydrogens (tertiary/aromatic N) is 1. The average molecular weight is 259 g/mol. The van der Waals surface area contributed by atoms with Gasteiger partial charge in [-0.05, 0) is 18.3 Å². The Morgan fingerprint density at radius 3 is 2.35 bits per heavy atom. The molecule has 1 aromatic heterocycles. The minimum absolute atomic E-state index is 0.0876. The van der Waals surface area contributed by atoms with Crippen LogP contribution in [0.2, 0.25) is 5.15 Å². The van der Waals surface area contributed by atoms with Crippen molar-refractivity contribution in [3.8, 4) is 0 Å². The van der Waals surface area contributed by atoms with Gasteiger partial charge in [0.15, 0.2) is 0 Å². The Hall–Kier alpha value is -1.03. The number of halogens is 1. The van der Waals surface area contributed by atoms with E-state index < -0.39 is 5.69 Å². The van der Waals surface area contributed by atoms with Gasteiger partial charge < -0.3 is 0 Å². The van der Waals surface area contributed by atoms with Crippen LogP contribution in [0.15, 0.2) is 9.59 Å². The normalized spacial score (nSPS) is 11.8. The van der Waals surface area contributed by atoms with Crippen molar-refractivity contribution in [1.29, 1.82) is 0 Å². The average Bonchev–Trinajstić information content (AvgIpc) is 2.25. The summed E-state index contributed by atoms with van der Waals surface area (Å²) in [4.78, 5) is 26.4. The minimum Gasteiger partial charge on any atom is -0.297 e. The van der Waals surface area contributed by atoms with Crippen molar-refractivity contribution in [2.45, 2.75) is 47.1 Å². The number of aromatic amines is 1. The summed E-state index contributed by atoms with van der Waals surface area (Å²) in [6.45, 7) is 8.34. The molecule has 0 aliphatic carbocycles. The summed E-state index contributed by atoms with van der Waals surface area (Å²) >= 11 is 5.84. The lowest BCUT2D eigenvalue weighted by Crippen LogP contribution is -2.40. The standard InChI is InChI=1S/C12H19ClN2O2/c1-5-8-9(13)14-11(17)15(10(8)16)7-12(3,4)6-2/h5-7H2,1-4H3,(H,14,17). The molecule has 0 bridgehead atoms. The van der Waals surface area contributed by atoms with Crippen molar-refractivity contribution >= 4 is 11.6 Å². The Balaban J connectivity index is 3.36.